The third-order valence-electron chi connectivity index (χ3n) is 2.53. The number of carbonyl (C=O) groups is 1. The molecular weight excluding hydrogens is 423 g/mol. The lowest BCUT2D eigenvalue weighted by atomic mass is 10.2. The van der Waals surface area contributed by atoms with Gasteiger partial charge in [0.2, 0.25) is 0 Å². The van der Waals surface area contributed by atoms with Crippen LogP contribution in [0.25, 0.3) is 0 Å². The monoisotopic (exact) mass is 430 g/mol. The molecule has 0 saturated heterocycles. The second kappa shape index (κ2) is 7.06. The quantitative estimate of drug-likeness (QED) is 0.560. The van der Waals surface area contributed by atoms with Gasteiger partial charge in [0.15, 0.2) is 0 Å². The van der Waals surface area contributed by atoms with Gasteiger partial charge < -0.3 is 5.11 Å². The van der Waals surface area contributed by atoms with Gasteiger partial charge in [-0.25, -0.2) is 5.43 Å². The third-order valence-corrected chi connectivity index (χ3v) is 3.81. The van der Waals surface area contributed by atoms with Crippen LogP contribution in [-0.4, -0.2) is 17.2 Å². The van der Waals surface area contributed by atoms with Crippen molar-refractivity contribution in [3.05, 3.63) is 61.5 Å². The molecular formula is C14H9Br2ClN2O2. The fourth-order valence-corrected chi connectivity index (χ4v) is 2.61. The van der Waals surface area contributed by atoms with Gasteiger partial charge >= 0.3 is 0 Å². The summed E-state index contributed by atoms with van der Waals surface area (Å²) in [5.74, 6) is -0.444. The Bertz CT molecular complexity index is 703. The minimum Gasteiger partial charge on any atom is -0.506 e. The van der Waals surface area contributed by atoms with E-state index in [1.165, 1.54) is 6.21 Å². The zero-order chi connectivity index (χ0) is 15.4. The number of rotatable bonds is 3. The smallest absolute Gasteiger partial charge is 0.271 e. The predicted molar refractivity (Wildman–Crippen MR) is 90.0 cm³/mol. The molecule has 2 aromatic rings. The van der Waals surface area contributed by atoms with Crippen LogP contribution in [0.2, 0.25) is 5.02 Å². The predicted octanol–water partition coefficient (Wildman–Crippen LogP) is 4.33. The van der Waals surface area contributed by atoms with E-state index >= 15 is 0 Å². The molecule has 2 aromatic carbocycles. The highest BCUT2D eigenvalue weighted by Crippen LogP contribution is 2.30. The van der Waals surface area contributed by atoms with Gasteiger partial charge in [-0.05, 0) is 36.4 Å². The number of hydrazone groups is 1. The first-order valence-electron chi connectivity index (χ1n) is 5.74. The first kappa shape index (κ1) is 16.0. The van der Waals surface area contributed by atoms with E-state index < -0.39 is 0 Å². The standard InChI is InChI=1S/C14H9Br2ClN2O2/c15-10-3-1-8(2-4-10)14(21)19-18-7-9-5-11(16)6-12(17)13(9)20/h1-7,20H,(H,19,21)/b18-7-. The lowest BCUT2D eigenvalue weighted by Crippen LogP contribution is -2.17. The van der Waals surface area contributed by atoms with E-state index in [1.54, 1.807) is 36.4 Å². The molecule has 108 valence electrons. The van der Waals surface area contributed by atoms with E-state index in [-0.39, 0.29) is 16.7 Å². The van der Waals surface area contributed by atoms with Crippen LogP contribution in [0.15, 0.2) is 50.4 Å². The molecule has 0 aliphatic rings. The normalized spacial score (nSPS) is 10.8. The molecule has 0 heterocycles. The van der Waals surface area contributed by atoms with Crippen LogP contribution in [0.4, 0.5) is 0 Å². The molecule has 21 heavy (non-hydrogen) atoms. The summed E-state index contributed by atoms with van der Waals surface area (Å²) in [7, 11) is 0. The number of halogens is 3. The van der Waals surface area contributed by atoms with E-state index in [4.69, 9.17) is 11.6 Å². The Morgan fingerprint density at radius 2 is 1.86 bits per heavy atom. The number of aromatic hydroxyl groups is 1. The lowest BCUT2D eigenvalue weighted by molar-refractivity contribution is 0.0955. The van der Waals surface area contributed by atoms with E-state index in [0.29, 0.717) is 15.6 Å². The average Bonchev–Trinajstić information content (AvgIpc) is 2.44. The van der Waals surface area contributed by atoms with Crippen LogP contribution in [0.3, 0.4) is 0 Å². The SMILES string of the molecule is O=C(N/N=C\c1cc(Br)cc(Cl)c1O)c1ccc(Br)cc1. The van der Waals surface area contributed by atoms with Crippen LogP contribution in [-0.2, 0) is 0 Å². The number of hydrogen-bond acceptors (Lipinski definition) is 3. The maximum atomic E-state index is 11.8. The van der Waals surface area contributed by atoms with Gasteiger partial charge in [-0.15, -0.1) is 0 Å². The second-order valence-corrected chi connectivity index (χ2v) is 6.27. The topological polar surface area (TPSA) is 61.7 Å². The Labute approximate surface area is 143 Å². The van der Waals surface area contributed by atoms with Crippen LogP contribution < -0.4 is 5.43 Å². The van der Waals surface area contributed by atoms with E-state index in [0.717, 1.165) is 4.47 Å². The van der Waals surface area contributed by atoms with Crippen molar-refractivity contribution in [2.75, 3.05) is 0 Å². The Balaban J connectivity index is 2.09. The number of carbonyl (C=O) groups excluding carboxylic acids is 1. The first-order valence-corrected chi connectivity index (χ1v) is 7.71. The molecule has 7 heteroatoms. The summed E-state index contributed by atoms with van der Waals surface area (Å²) in [6.07, 6.45) is 1.32. The van der Waals surface area contributed by atoms with Crippen LogP contribution in [0.5, 0.6) is 5.75 Å². The number of hydrogen-bond donors (Lipinski definition) is 2. The Kier molecular flexibility index (Phi) is 5.39. The number of nitrogens with zero attached hydrogens (tertiary/aromatic N) is 1. The van der Waals surface area contributed by atoms with Crippen molar-refractivity contribution in [3.8, 4) is 5.75 Å². The van der Waals surface area contributed by atoms with Crippen molar-refractivity contribution in [2.45, 2.75) is 0 Å². The molecule has 0 aromatic heterocycles. The second-order valence-electron chi connectivity index (χ2n) is 4.03. The highest BCUT2D eigenvalue weighted by molar-refractivity contribution is 9.10. The molecule has 0 aliphatic carbocycles. The molecule has 0 atom stereocenters. The Morgan fingerprint density at radius 1 is 1.19 bits per heavy atom. The zero-order valence-corrected chi connectivity index (χ0v) is 14.4. The van der Waals surface area contributed by atoms with E-state index in [2.05, 4.69) is 42.4 Å². The molecule has 0 spiro atoms. The number of benzene rings is 2. The number of phenolic OH excluding ortho intramolecular Hbond substituents is 1. The summed E-state index contributed by atoms with van der Waals surface area (Å²) < 4.78 is 1.59. The lowest BCUT2D eigenvalue weighted by Gasteiger charge is -2.03. The van der Waals surface area contributed by atoms with Crippen molar-refractivity contribution in [1.29, 1.82) is 0 Å². The maximum Gasteiger partial charge on any atom is 0.271 e. The van der Waals surface area contributed by atoms with E-state index in [9.17, 15) is 9.90 Å². The molecule has 0 saturated carbocycles. The molecule has 1 amide bonds. The summed E-state index contributed by atoms with van der Waals surface area (Å²) in [5, 5.41) is 13.8. The molecule has 0 fully saturated rings. The molecule has 0 unspecified atom stereocenters. The fourth-order valence-electron chi connectivity index (χ4n) is 1.51. The Morgan fingerprint density at radius 3 is 2.52 bits per heavy atom. The molecule has 2 rings (SSSR count). The highest BCUT2D eigenvalue weighted by Gasteiger charge is 2.06. The summed E-state index contributed by atoms with van der Waals surface area (Å²) in [6, 6.07) is 10.1. The van der Waals surface area contributed by atoms with Crippen molar-refractivity contribution in [3.63, 3.8) is 0 Å². The summed E-state index contributed by atoms with van der Waals surface area (Å²) in [4.78, 5) is 11.8. The van der Waals surface area contributed by atoms with E-state index in [1.807, 2.05) is 0 Å². The van der Waals surface area contributed by atoms with Gasteiger partial charge in [0.25, 0.3) is 5.91 Å². The van der Waals surface area contributed by atoms with Gasteiger partial charge in [-0.3, -0.25) is 4.79 Å². The minimum absolute atomic E-state index is 0.0958. The fraction of sp³-hybridized carbons (Fsp3) is 0. The highest BCUT2D eigenvalue weighted by atomic mass is 79.9. The van der Waals surface area contributed by atoms with Gasteiger partial charge in [-0.1, -0.05) is 43.5 Å². The number of amides is 1. The Hall–Kier alpha value is -1.37. The maximum absolute atomic E-state index is 11.8. The van der Waals surface area contributed by atoms with Crippen molar-refractivity contribution in [2.24, 2.45) is 5.10 Å². The number of nitrogens with one attached hydrogen (secondary N) is 1. The first-order chi connectivity index (χ1) is 9.97. The summed E-state index contributed by atoms with van der Waals surface area (Å²) in [6.45, 7) is 0. The molecule has 0 radical (unpaired) electrons. The number of phenols is 1. The summed E-state index contributed by atoms with van der Waals surface area (Å²) in [5.41, 5.74) is 3.25. The molecule has 4 nitrogen and oxygen atoms in total. The van der Waals surface area contributed by atoms with Crippen molar-refractivity contribution < 1.29 is 9.90 Å². The van der Waals surface area contributed by atoms with Crippen molar-refractivity contribution in [1.82, 2.24) is 5.43 Å². The van der Waals surface area contributed by atoms with Crippen LogP contribution in [0, 0.1) is 0 Å². The molecule has 0 bridgehead atoms. The largest absolute Gasteiger partial charge is 0.506 e. The zero-order valence-electron chi connectivity index (χ0n) is 10.5. The van der Waals surface area contributed by atoms with Gasteiger partial charge in [0, 0.05) is 20.1 Å². The minimum atomic E-state index is -0.348. The molecule has 0 aliphatic heterocycles. The molecule has 2 N–H and O–H groups in total. The van der Waals surface area contributed by atoms with Gasteiger partial charge in [0.1, 0.15) is 5.75 Å². The van der Waals surface area contributed by atoms with Crippen LogP contribution in [0.1, 0.15) is 15.9 Å². The summed E-state index contributed by atoms with van der Waals surface area (Å²) >= 11 is 12.4. The third kappa shape index (κ3) is 4.30. The van der Waals surface area contributed by atoms with Crippen molar-refractivity contribution >= 4 is 55.6 Å². The van der Waals surface area contributed by atoms with Gasteiger partial charge in [0.05, 0.1) is 11.2 Å². The van der Waals surface area contributed by atoms with Gasteiger partial charge in [-0.2, -0.15) is 5.10 Å². The average molecular weight is 432 g/mol. The van der Waals surface area contributed by atoms with Crippen LogP contribution >= 0.6 is 43.5 Å².